The van der Waals surface area contributed by atoms with E-state index in [1.54, 1.807) is 0 Å². The number of hydrogen-bond acceptors (Lipinski definition) is 2. The van der Waals surface area contributed by atoms with Crippen molar-refractivity contribution in [1.82, 2.24) is 4.90 Å². The normalized spacial score (nSPS) is 14.3. The van der Waals surface area contributed by atoms with Gasteiger partial charge in [-0.05, 0) is 44.2 Å². The van der Waals surface area contributed by atoms with E-state index >= 15 is 0 Å². The van der Waals surface area contributed by atoms with Gasteiger partial charge in [0.1, 0.15) is 0 Å². The van der Waals surface area contributed by atoms with Gasteiger partial charge in [-0.25, -0.2) is 0 Å². The second kappa shape index (κ2) is 6.18. The van der Waals surface area contributed by atoms with Crippen molar-refractivity contribution in [3.8, 4) is 0 Å². The van der Waals surface area contributed by atoms with Gasteiger partial charge in [0, 0.05) is 11.6 Å². The van der Waals surface area contributed by atoms with E-state index in [0.717, 1.165) is 5.56 Å². The lowest BCUT2D eigenvalue weighted by molar-refractivity contribution is -0.140. The van der Waals surface area contributed by atoms with E-state index in [4.69, 9.17) is 5.11 Å². The lowest BCUT2D eigenvalue weighted by Gasteiger charge is -2.39. The summed E-state index contributed by atoms with van der Waals surface area (Å²) in [5, 5.41) is 9.15. The SMILES string of the molecule is CC(c1ccc(C(C)(C)C)cc1)N(CC(=O)O)C(C)(C)C. The molecule has 0 heterocycles. The average molecular weight is 291 g/mol. The van der Waals surface area contributed by atoms with Crippen molar-refractivity contribution in [2.75, 3.05) is 6.54 Å². The zero-order valence-corrected chi connectivity index (χ0v) is 14.4. The molecule has 0 amide bonds. The monoisotopic (exact) mass is 291 g/mol. The van der Waals surface area contributed by atoms with Crippen LogP contribution < -0.4 is 0 Å². The fourth-order valence-electron chi connectivity index (χ4n) is 2.54. The molecule has 0 radical (unpaired) electrons. The number of hydrogen-bond donors (Lipinski definition) is 1. The number of aliphatic carboxylic acids is 1. The second-order valence-electron chi connectivity index (χ2n) is 7.74. The maximum atomic E-state index is 11.1. The van der Waals surface area contributed by atoms with E-state index in [2.05, 4.69) is 72.7 Å². The third kappa shape index (κ3) is 4.85. The highest BCUT2D eigenvalue weighted by Crippen LogP contribution is 2.29. The van der Waals surface area contributed by atoms with Gasteiger partial charge >= 0.3 is 5.97 Å². The van der Waals surface area contributed by atoms with Crippen molar-refractivity contribution in [3.05, 3.63) is 35.4 Å². The molecule has 0 aliphatic carbocycles. The van der Waals surface area contributed by atoms with E-state index in [9.17, 15) is 4.79 Å². The van der Waals surface area contributed by atoms with Gasteiger partial charge in [-0.3, -0.25) is 9.69 Å². The van der Waals surface area contributed by atoms with Gasteiger partial charge in [-0.15, -0.1) is 0 Å². The van der Waals surface area contributed by atoms with Crippen molar-refractivity contribution in [2.45, 2.75) is 65.5 Å². The second-order valence-corrected chi connectivity index (χ2v) is 7.74. The molecule has 0 bridgehead atoms. The van der Waals surface area contributed by atoms with E-state index in [1.165, 1.54) is 5.56 Å². The van der Waals surface area contributed by atoms with Crippen LogP contribution >= 0.6 is 0 Å². The highest BCUT2D eigenvalue weighted by Gasteiger charge is 2.29. The van der Waals surface area contributed by atoms with Gasteiger partial charge in [-0.2, -0.15) is 0 Å². The summed E-state index contributed by atoms with van der Waals surface area (Å²) in [7, 11) is 0. The van der Waals surface area contributed by atoms with Crippen LogP contribution in [-0.2, 0) is 10.2 Å². The lowest BCUT2D eigenvalue weighted by atomic mass is 9.86. The maximum Gasteiger partial charge on any atom is 0.317 e. The van der Waals surface area contributed by atoms with Crippen LogP contribution in [0, 0.1) is 0 Å². The Kier molecular flexibility index (Phi) is 5.21. The van der Waals surface area contributed by atoms with E-state index in [1.807, 2.05) is 4.90 Å². The molecule has 0 fully saturated rings. The van der Waals surface area contributed by atoms with Gasteiger partial charge in [0.15, 0.2) is 0 Å². The zero-order valence-electron chi connectivity index (χ0n) is 14.4. The molecule has 0 aromatic heterocycles. The molecule has 1 aromatic rings. The summed E-state index contributed by atoms with van der Waals surface area (Å²) in [5.41, 5.74) is 2.38. The zero-order chi connectivity index (χ0) is 16.4. The van der Waals surface area contributed by atoms with Crippen LogP contribution in [0.1, 0.15) is 65.6 Å². The fourth-order valence-corrected chi connectivity index (χ4v) is 2.54. The summed E-state index contributed by atoms with van der Waals surface area (Å²) in [4.78, 5) is 13.2. The molecule has 1 unspecified atom stereocenters. The molecular formula is C18H29NO2. The Hall–Kier alpha value is -1.35. The smallest absolute Gasteiger partial charge is 0.317 e. The standard InChI is InChI=1S/C18H29NO2/c1-13(19(12-16(20)21)18(5,6)7)14-8-10-15(11-9-14)17(2,3)4/h8-11,13H,12H2,1-7H3,(H,20,21). The van der Waals surface area contributed by atoms with E-state index in [-0.39, 0.29) is 23.5 Å². The van der Waals surface area contributed by atoms with Gasteiger partial charge < -0.3 is 5.11 Å². The number of carboxylic acid groups (broad SMARTS) is 1. The molecule has 21 heavy (non-hydrogen) atoms. The van der Waals surface area contributed by atoms with Crippen molar-refractivity contribution in [2.24, 2.45) is 0 Å². The largest absolute Gasteiger partial charge is 0.480 e. The van der Waals surface area contributed by atoms with Crippen LogP contribution in [0.15, 0.2) is 24.3 Å². The Morgan fingerprint density at radius 2 is 1.57 bits per heavy atom. The third-order valence-corrected chi connectivity index (χ3v) is 3.89. The van der Waals surface area contributed by atoms with Crippen molar-refractivity contribution < 1.29 is 9.90 Å². The van der Waals surface area contributed by atoms with Gasteiger partial charge in [0.2, 0.25) is 0 Å². The first kappa shape index (κ1) is 17.7. The molecule has 3 nitrogen and oxygen atoms in total. The first-order chi connectivity index (χ1) is 9.43. The van der Waals surface area contributed by atoms with Crippen LogP contribution in [0.5, 0.6) is 0 Å². The predicted molar refractivity (Wildman–Crippen MR) is 87.7 cm³/mol. The minimum absolute atomic E-state index is 0.0473. The first-order valence-electron chi connectivity index (χ1n) is 7.52. The molecule has 0 saturated carbocycles. The van der Waals surface area contributed by atoms with Crippen molar-refractivity contribution in [3.63, 3.8) is 0 Å². The summed E-state index contributed by atoms with van der Waals surface area (Å²) >= 11 is 0. The molecule has 1 aromatic carbocycles. The molecule has 1 atom stereocenters. The molecule has 0 saturated heterocycles. The minimum Gasteiger partial charge on any atom is -0.480 e. The quantitative estimate of drug-likeness (QED) is 0.902. The number of nitrogens with zero attached hydrogens (tertiary/aromatic N) is 1. The highest BCUT2D eigenvalue weighted by molar-refractivity contribution is 5.69. The fraction of sp³-hybridized carbons (Fsp3) is 0.611. The van der Waals surface area contributed by atoms with Crippen molar-refractivity contribution in [1.29, 1.82) is 0 Å². The Balaban J connectivity index is 3.04. The van der Waals surface area contributed by atoms with E-state index < -0.39 is 5.97 Å². The molecule has 0 spiro atoms. The summed E-state index contributed by atoms with van der Waals surface area (Å²) in [6.07, 6.45) is 0. The van der Waals surface area contributed by atoms with Gasteiger partial charge in [-0.1, -0.05) is 45.0 Å². The van der Waals surface area contributed by atoms with Gasteiger partial charge in [0.05, 0.1) is 6.54 Å². The molecule has 0 aliphatic heterocycles. The summed E-state index contributed by atoms with van der Waals surface area (Å²) < 4.78 is 0. The number of benzene rings is 1. The molecule has 3 heteroatoms. The lowest BCUT2D eigenvalue weighted by Crippen LogP contribution is -2.45. The average Bonchev–Trinajstić information content (AvgIpc) is 2.33. The Labute approximate surface area is 129 Å². The number of rotatable bonds is 4. The Morgan fingerprint density at radius 3 is 1.90 bits per heavy atom. The molecule has 1 N–H and O–H groups in total. The van der Waals surface area contributed by atoms with Crippen LogP contribution in [0.4, 0.5) is 0 Å². The van der Waals surface area contributed by atoms with Crippen LogP contribution in [0.25, 0.3) is 0 Å². The minimum atomic E-state index is -0.789. The molecular weight excluding hydrogens is 262 g/mol. The van der Waals surface area contributed by atoms with Gasteiger partial charge in [0.25, 0.3) is 0 Å². The van der Waals surface area contributed by atoms with Crippen LogP contribution in [-0.4, -0.2) is 28.1 Å². The summed E-state index contributed by atoms with van der Waals surface area (Å²) in [6.45, 7) is 14.8. The van der Waals surface area contributed by atoms with Crippen LogP contribution in [0.2, 0.25) is 0 Å². The maximum absolute atomic E-state index is 11.1. The molecule has 1 rings (SSSR count). The summed E-state index contributed by atoms with van der Waals surface area (Å²) in [5.74, 6) is -0.789. The van der Waals surface area contributed by atoms with Crippen LogP contribution in [0.3, 0.4) is 0 Å². The number of carbonyl (C=O) groups is 1. The molecule has 0 aliphatic rings. The highest BCUT2D eigenvalue weighted by atomic mass is 16.4. The molecule has 118 valence electrons. The van der Waals surface area contributed by atoms with Crippen molar-refractivity contribution >= 4 is 5.97 Å². The number of carboxylic acids is 1. The predicted octanol–water partition coefficient (Wildman–Crippen LogP) is 4.23. The Bertz CT molecular complexity index is 477. The van der Waals surface area contributed by atoms with E-state index in [0.29, 0.717) is 0 Å². The third-order valence-electron chi connectivity index (χ3n) is 3.89. The topological polar surface area (TPSA) is 40.5 Å². The summed E-state index contributed by atoms with van der Waals surface area (Å²) in [6, 6.07) is 8.59. The Morgan fingerprint density at radius 1 is 1.10 bits per heavy atom. The first-order valence-corrected chi connectivity index (χ1v) is 7.52.